The summed E-state index contributed by atoms with van der Waals surface area (Å²) in [5.74, 6) is 0.245. The number of aliphatic hydroxyl groups excluding tert-OH is 1. The minimum atomic E-state index is -0.692. The number of fused-ring (bicyclic) bond motifs is 2. The molecule has 0 aliphatic heterocycles. The van der Waals surface area contributed by atoms with Crippen molar-refractivity contribution in [2.75, 3.05) is 0 Å². The van der Waals surface area contributed by atoms with Gasteiger partial charge in [-0.05, 0) is 43.9 Å². The summed E-state index contributed by atoms with van der Waals surface area (Å²) in [6, 6.07) is 0.176. The van der Waals surface area contributed by atoms with E-state index < -0.39 is 5.97 Å². The Morgan fingerprint density at radius 2 is 1.95 bits per heavy atom. The molecule has 0 heterocycles. The number of hydrogen-bond acceptors (Lipinski definition) is 3. The van der Waals surface area contributed by atoms with E-state index in [0.717, 1.165) is 19.3 Å². The van der Waals surface area contributed by atoms with Crippen molar-refractivity contribution in [2.45, 2.75) is 44.2 Å². The second-order valence-electron chi connectivity index (χ2n) is 6.98. The van der Waals surface area contributed by atoms with Gasteiger partial charge in [-0.15, -0.1) is 0 Å². The van der Waals surface area contributed by atoms with Crippen molar-refractivity contribution in [3.8, 4) is 0 Å². The summed E-state index contributed by atoms with van der Waals surface area (Å²) >= 11 is 0. The number of carboxylic acids is 1. The number of rotatable bonds is 3. The smallest absolute Gasteiger partial charge is 0.306 e. The number of carboxylic acid groups (broad SMARTS) is 1. The van der Waals surface area contributed by atoms with Crippen LogP contribution in [0.2, 0.25) is 0 Å². The molecule has 4 saturated carbocycles. The largest absolute Gasteiger partial charge is 0.481 e. The molecule has 4 fully saturated rings. The molecule has 0 radical (unpaired) electrons. The first-order chi connectivity index (χ1) is 9.01. The molecule has 0 aromatic heterocycles. The number of hydrogen-bond donors (Lipinski definition) is 3. The van der Waals surface area contributed by atoms with Crippen LogP contribution >= 0.6 is 0 Å². The summed E-state index contributed by atoms with van der Waals surface area (Å²) in [5.41, 5.74) is -0.255. The predicted molar refractivity (Wildman–Crippen MR) is 65.1 cm³/mol. The van der Waals surface area contributed by atoms with E-state index in [9.17, 15) is 14.7 Å². The molecule has 0 spiro atoms. The highest BCUT2D eigenvalue weighted by atomic mass is 16.4. The Morgan fingerprint density at radius 3 is 2.53 bits per heavy atom. The van der Waals surface area contributed by atoms with Gasteiger partial charge in [-0.3, -0.25) is 9.59 Å². The zero-order valence-electron chi connectivity index (χ0n) is 10.7. The van der Waals surface area contributed by atoms with Crippen LogP contribution in [0, 0.1) is 29.1 Å². The summed E-state index contributed by atoms with van der Waals surface area (Å²) in [4.78, 5) is 23.2. The molecule has 4 rings (SSSR count). The zero-order chi connectivity index (χ0) is 13.4. The minimum Gasteiger partial charge on any atom is -0.481 e. The topological polar surface area (TPSA) is 86.6 Å². The van der Waals surface area contributed by atoms with E-state index >= 15 is 0 Å². The molecule has 7 atom stereocenters. The molecule has 5 heteroatoms. The van der Waals surface area contributed by atoms with E-state index in [4.69, 9.17) is 5.11 Å². The van der Waals surface area contributed by atoms with Crippen molar-refractivity contribution in [3.05, 3.63) is 0 Å². The van der Waals surface area contributed by atoms with Gasteiger partial charge >= 0.3 is 5.97 Å². The molecular weight excluding hydrogens is 246 g/mol. The molecule has 5 nitrogen and oxygen atoms in total. The molecule has 1 amide bonds. The Morgan fingerprint density at radius 1 is 1.16 bits per heavy atom. The van der Waals surface area contributed by atoms with E-state index in [0.29, 0.717) is 24.7 Å². The third kappa shape index (κ3) is 1.45. The molecule has 4 aliphatic carbocycles. The van der Waals surface area contributed by atoms with Gasteiger partial charge in [0.05, 0.1) is 17.4 Å². The van der Waals surface area contributed by atoms with Crippen LogP contribution in [-0.4, -0.2) is 34.2 Å². The molecule has 0 saturated heterocycles. The quantitative estimate of drug-likeness (QED) is 0.688. The third-order valence-corrected chi connectivity index (χ3v) is 6.11. The van der Waals surface area contributed by atoms with Gasteiger partial charge < -0.3 is 15.5 Å². The summed E-state index contributed by atoms with van der Waals surface area (Å²) in [6.45, 7) is 0. The van der Waals surface area contributed by atoms with Crippen molar-refractivity contribution in [1.29, 1.82) is 0 Å². The zero-order valence-corrected chi connectivity index (χ0v) is 10.7. The summed E-state index contributed by atoms with van der Waals surface area (Å²) in [6.07, 6.45) is 3.59. The van der Waals surface area contributed by atoms with E-state index in [1.54, 1.807) is 0 Å². The molecule has 0 aromatic carbocycles. The van der Waals surface area contributed by atoms with Crippen LogP contribution in [0.4, 0.5) is 0 Å². The first-order valence-corrected chi connectivity index (χ1v) is 7.23. The number of nitrogens with one attached hydrogen (secondary N) is 1. The normalized spacial score (nSPS) is 53.3. The lowest BCUT2D eigenvalue weighted by Crippen LogP contribution is -2.54. The highest BCUT2D eigenvalue weighted by Crippen LogP contribution is 2.67. The van der Waals surface area contributed by atoms with Crippen LogP contribution < -0.4 is 5.32 Å². The maximum Gasteiger partial charge on any atom is 0.306 e. The van der Waals surface area contributed by atoms with E-state index in [1.807, 2.05) is 0 Å². The fourth-order valence-electron chi connectivity index (χ4n) is 4.69. The molecule has 1 unspecified atom stereocenters. The molecule has 4 aliphatic rings. The lowest BCUT2D eigenvalue weighted by molar-refractivity contribution is -0.141. The predicted octanol–water partition coefficient (Wildman–Crippen LogP) is 0.373. The molecule has 19 heavy (non-hydrogen) atoms. The van der Waals surface area contributed by atoms with Crippen LogP contribution in [0.3, 0.4) is 0 Å². The van der Waals surface area contributed by atoms with Crippen molar-refractivity contribution in [3.63, 3.8) is 0 Å². The van der Waals surface area contributed by atoms with Crippen LogP contribution in [-0.2, 0) is 9.59 Å². The Balaban J connectivity index is 1.34. The third-order valence-electron chi connectivity index (χ3n) is 6.11. The molecule has 0 bridgehead atoms. The van der Waals surface area contributed by atoms with Gasteiger partial charge in [0.1, 0.15) is 0 Å². The van der Waals surface area contributed by atoms with Gasteiger partial charge in [0.25, 0.3) is 0 Å². The van der Waals surface area contributed by atoms with E-state index in [-0.39, 0.29) is 35.3 Å². The first-order valence-electron chi connectivity index (χ1n) is 7.23. The van der Waals surface area contributed by atoms with Crippen molar-refractivity contribution < 1.29 is 19.8 Å². The molecule has 3 N–H and O–H groups in total. The Labute approximate surface area is 111 Å². The van der Waals surface area contributed by atoms with Gasteiger partial charge in [0.2, 0.25) is 5.91 Å². The Bertz CT molecular complexity index is 464. The number of aliphatic hydroxyl groups is 1. The molecule has 0 aromatic rings. The standard InChI is InChI=1S/C14H19NO4/c16-11-5-14(4-9(11)14)13(19)15-10-3-6-1-7(12(17)18)2-8(6)10/h6-11,16H,1-5H2,(H,15,19)(H,17,18)/t6-,7?,8-,9-,10-,11-,14-/m1/s1. The minimum absolute atomic E-state index is 0.102. The lowest BCUT2D eigenvalue weighted by atomic mass is 9.71. The highest BCUT2D eigenvalue weighted by Gasteiger charge is 2.71. The Hall–Kier alpha value is -1.10. The summed E-state index contributed by atoms with van der Waals surface area (Å²) < 4.78 is 0. The fourth-order valence-corrected chi connectivity index (χ4v) is 4.69. The lowest BCUT2D eigenvalue weighted by Gasteiger charge is -2.42. The van der Waals surface area contributed by atoms with Gasteiger partial charge in [0.15, 0.2) is 0 Å². The SMILES string of the molecule is O=C(O)C1C[C@@H]2C[C@@H](NC(=O)[C@]34C[C@@H](O)[C@H]3C4)[C@@H]2C1. The van der Waals surface area contributed by atoms with Gasteiger partial charge in [0, 0.05) is 12.0 Å². The number of carbonyl (C=O) groups is 2. The first kappa shape index (κ1) is 11.7. The Kier molecular flexibility index (Phi) is 2.16. The fraction of sp³-hybridized carbons (Fsp3) is 0.857. The number of carbonyl (C=O) groups excluding carboxylic acids is 1. The monoisotopic (exact) mass is 265 g/mol. The van der Waals surface area contributed by atoms with Crippen molar-refractivity contribution >= 4 is 11.9 Å². The molecular formula is C14H19NO4. The van der Waals surface area contributed by atoms with E-state index in [2.05, 4.69) is 5.32 Å². The van der Waals surface area contributed by atoms with Gasteiger partial charge in [-0.1, -0.05) is 0 Å². The number of aliphatic carboxylic acids is 1. The average molecular weight is 265 g/mol. The van der Waals surface area contributed by atoms with Crippen LogP contribution in [0.25, 0.3) is 0 Å². The second kappa shape index (κ2) is 3.51. The van der Waals surface area contributed by atoms with Gasteiger partial charge in [-0.25, -0.2) is 0 Å². The number of amides is 1. The highest BCUT2D eigenvalue weighted by molar-refractivity contribution is 5.88. The van der Waals surface area contributed by atoms with Gasteiger partial charge in [-0.2, -0.15) is 0 Å². The maximum atomic E-state index is 12.2. The average Bonchev–Trinajstić information content (AvgIpc) is 2.83. The summed E-state index contributed by atoms with van der Waals surface area (Å²) in [7, 11) is 0. The molecule has 104 valence electrons. The second-order valence-corrected chi connectivity index (χ2v) is 6.98. The van der Waals surface area contributed by atoms with Crippen LogP contribution in [0.5, 0.6) is 0 Å². The van der Waals surface area contributed by atoms with E-state index in [1.165, 1.54) is 0 Å². The van der Waals surface area contributed by atoms with Crippen LogP contribution in [0.1, 0.15) is 32.1 Å². The maximum absolute atomic E-state index is 12.2. The summed E-state index contributed by atoms with van der Waals surface area (Å²) in [5, 5.41) is 21.6. The van der Waals surface area contributed by atoms with Crippen LogP contribution in [0.15, 0.2) is 0 Å². The van der Waals surface area contributed by atoms with Crippen molar-refractivity contribution in [1.82, 2.24) is 5.32 Å². The van der Waals surface area contributed by atoms with Crippen molar-refractivity contribution in [2.24, 2.45) is 29.1 Å².